The lowest BCUT2D eigenvalue weighted by Crippen LogP contribution is -2.31. The van der Waals surface area contributed by atoms with Crippen molar-refractivity contribution >= 4 is 17.6 Å². The number of carbonyl (C=O) groups is 1. The number of nitriles is 1. The van der Waals surface area contributed by atoms with Crippen molar-refractivity contribution in [3.05, 3.63) is 52.5 Å². The lowest BCUT2D eigenvalue weighted by Gasteiger charge is -2.27. The molecule has 2 aromatic carbocycles. The number of benzene rings is 2. The molecule has 5 nitrogen and oxygen atoms in total. The van der Waals surface area contributed by atoms with Gasteiger partial charge in [-0.25, -0.2) is 0 Å². The number of carbonyl (C=O) groups excluding carboxylic acids is 1. The summed E-state index contributed by atoms with van der Waals surface area (Å²) >= 11 is 5.87. The van der Waals surface area contributed by atoms with Gasteiger partial charge in [0, 0.05) is 23.9 Å². The van der Waals surface area contributed by atoms with Crippen molar-refractivity contribution in [2.45, 2.75) is 19.4 Å². The molecule has 1 aliphatic rings. The summed E-state index contributed by atoms with van der Waals surface area (Å²) in [6.07, 6.45) is 0.00296. The van der Waals surface area contributed by atoms with E-state index >= 15 is 0 Å². The van der Waals surface area contributed by atoms with E-state index in [4.69, 9.17) is 25.8 Å². The number of rotatable bonds is 3. The third kappa shape index (κ3) is 3.44. The maximum atomic E-state index is 11.1. The topological polar surface area (TPSA) is 68.6 Å². The van der Waals surface area contributed by atoms with Crippen molar-refractivity contribution in [2.75, 3.05) is 6.61 Å². The second-order valence-electron chi connectivity index (χ2n) is 5.33. The molecule has 0 aromatic heterocycles. The minimum absolute atomic E-state index is 0.221. The highest BCUT2D eigenvalue weighted by molar-refractivity contribution is 6.30. The molecule has 0 amide bonds. The third-order valence-corrected chi connectivity index (χ3v) is 3.82. The Labute approximate surface area is 144 Å². The molecule has 1 unspecified atom stereocenters. The molecule has 1 heterocycles. The molecule has 0 radical (unpaired) electrons. The van der Waals surface area contributed by atoms with Crippen LogP contribution in [0.1, 0.15) is 18.1 Å². The van der Waals surface area contributed by atoms with Crippen molar-refractivity contribution in [3.63, 3.8) is 0 Å². The molecule has 24 heavy (non-hydrogen) atoms. The van der Waals surface area contributed by atoms with Crippen LogP contribution in [0.2, 0.25) is 5.02 Å². The van der Waals surface area contributed by atoms with E-state index in [9.17, 15) is 10.1 Å². The molecule has 0 spiro atoms. The largest absolute Gasteiger partial charge is 0.485 e. The zero-order valence-electron chi connectivity index (χ0n) is 12.9. The van der Waals surface area contributed by atoms with Gasteiger partial charge >= 0.3 is 5.97 Å². The van der Waals surface area contributed by atoms with Gasteiger partial charge in [0.2, 0.25) is 0 Å². The first kappa shape index (κ1) is 16.2. The highest BCUT2D eigenvalue weighted by Gasteiger charge is 2.27. The molecule has 0 fully saturated rings. The molecule has 1 atom stereocenters. The maximum Gasteiger partial charge on any atom is 0.303 e. The van der Waals surface area contributed by atoms with E-state index in [1.807, 2.05) is 0 Å². The number of esters is 1. The van der Waals surface area contributed by atoms with Gasteiger partial charge in [-0.3, -0.25) is 4.79 Å². The van der Waals surface area contributed by atoms with Crippen molar-refractivity contribution in [3.8, 4) is 23.3 Å². The summed E-state index contributed by atoms with van der Waals surface area (Å²) < 4.78 is 16.8. The Morgan fingerprint density at radius 1 is 1.29 bits per heavy atom. The van der Waals surface area contributed by atoms with E-state index in [0.717, 1.165) is 0 Å². The lowest BCUT2D eigenvalue weighted by molar-refractivity contribution is -0.148. The second-order valence-corrected chi connectivity index (χ2v) is 5.77. The predicted octanol–water partition coefficient (Wildman–Crippen LogP) is 3.87. The molecule has 0 saturated heterocycles. The van der Waals surface area contributed by atoms with Crippen LogP contribution in [0.4, 0.5) is 0 Å². The molecule has 3 rings (SSSR count). The highest BCUT2D eigenvalue weighted by atomic mass is 35.5. The number of hydrogen-bond acceptors (Lipinski definition) is 5. The van der Waals surface area contributed by atoms with Crippen LogP contribution >= 0.6 is 11.6 Å². The van der Waals surface area contributed by atoms with Crippen molar-refractivity contribution in [1.82, 2.24) is 0 Å². The Morgan fingerprint density at radius 3 is 2.71 bits per heavy atom. The van der Waals surface area contributed by atoms with E-state index in [-0.39, 0.29) is 12.6 Å². The summed E-state index contributed by atoms with van der Waals surface area (Å²) in [4.78, 5) is 11.1. The fourth-order valence-electron chi connectivity index (χ4n) is 2.56. The Hall–Kier alpha value is -2.71. The van der Waals surface area contributed by atoms with Gasteiger partial charge in [-0.15, -0.1) is 0 Å². The maximum absolute atomic E-state index is 11.1. The number of halogens is 1. The summed E-state index contributed by atoms with van der Waals surface area (Å²) in [6.45, 7) is 1.57. The summed E-state index contributed by atoms with van der Waals surface area (Å²) in [5.41, 5.74) is 1.16. The zero-order chi connectivity index (χ0) is 17.1. The van der Waals surface area contributed by atoms with Gasteiger partial charge in [-0.05, 0) is 36.4 Å². The standard InChI is InChI=1S/C18H14ClNO4/c1-11(21)23-15-8-16-12(9-20)2-7-17(18(16)22-10-15)24-14-5-3-13(19)4-6-14/h2-7,15H,8,10H2,1H3. The van der Waals surface area contributed by atoms with Gasteiger partial charge in [0.25, 0.3) is 0 Å². The van der Waals surface area contributed by atoms with Crippen molar-refractivity contribution in [1.29, 1.82) is 5.26 Å². The number of nitrogens with zero attached hydrogens (tertiary/aromatic N) is 1. The summed E-state index contributed by atoms with van der Waals surface area (Å²) in [6, 6.07) is 12.4. The first-order valence-corrected chi connectivity index (χ1v) is 7.74. The molecule has 122 valence electrons. The normalized spacial score (nSPS) is 15.6. The monoisotopic (exact) mass is 343 g/mol. The quantitative estimate of drug-likeness (QED) is 0.791. The van der Waals surface area contributed by atoms with Crippen LogP contribution in [-0.4, -0.2) is 18.7 Å². The number of hydrogen-bond donors (Lipinski definition) is 0. The minimum Gasteiger partial charge on any atom is -0.485 e. The summed E-state index contributed by atoms with van der Waals surface area (Å²) in [5.74, 6) is 1.25. The Balaban J connectivity index is 1.91. The molecule has 0 N–H and O–H groups in total. The molecule has 0 saturated carbocycles. The van der Waals surface area contributed by atoms with E-state index in [1.165, 1.54) is 6.92 Å². The van der Waals surface area contributed by atoms with Crippen LogP contribution in [0, 0.1) is 11.3 Å². The Morgan fingerprint density at radius 2 is 2.04 bits per heavy atom. The van der Waals surface area contributed by atoms with Crippen LogP contribution in [0.15, 0.2) is 36.4 Å². The van der Waals surface area contributed by atoms with E-state index in [2.05, 4.69) is 6.07 Å². The van der Waals surface area contributed by atoms with E-state index in [1.54, 1.807) is 36.4 Å². The van der Waals surface area contributed by atoms with Crippen LogP contribution in [0.3, 0.4) is 0 Å². The van der Waals surface area contributed by atoms with Crippen LogP contribution in [0.25, 0.3) is 0 Å². The Kier molecular flexibility index (Phi) is 4.59. The van der Waals surface area contributed by atoms with Gasteiger partial charge < -0.3 is 14.2 Å². The number of fused-ring (bicyclic) bond motifs is 1. The van der Waals surface area contributed by atoms with Gasteiger partial charge in [0.1, 0.15) is 18.5 Å². The molecular weight excluding hydrogens is 330 g/mol. The molecular formula is C18H14ClNO4. The molecule has 2 aromatic rings. The third-order valence-electron chi connectivity index (χ3n) is 3.56. The molecule has 0 bridgehead atoms. The Bertz CT molecular complexity index is 811. The van der Waals surface area contributed by atoms with E-state index < -0.39 is 6.10 Å². The lowest BCUT2D eigenvalue weighted by atomic mass is 9.98. The first-order valence-electron chi connectivity index (χ1n) is 7.36. The minimum atomic E-state index is -0.409. The van der Waals surface area contributed by atoms with Crippen molar-refractivity contribution < 1.29 is 19.0 Å². The smallest absolute Gasteiger partial charge is 0.303 e. The molecule has 0 aliphatic carbocycles. The van der Waals surface area contributed by atoms with E-state index in [0.29, 0.717) is 39.8 Å². The van der Waals surface area contributed by atoms with Crippen LogP contribution in [0.5, 0.6) is 17.2 Å². The average molecular weight is 344 g/mol. The van der Waals surface area contributed by atoms with Gasteiger partial charge in [-0.1, -0.05) is 11.6 Å². The SMILES string of the molecule is CC(=O)OC1COc2c(Oc3ccc(Cl)cc3)ccc(C#N)c2C1. The van der Waals surface area contributed by atoms with Gasteiger partial charge in [0.15, 0.2) is 11.5 Å². The second kappa shape index (κ2) is 6.81. The van der Waals surface area contributed by atoms with Crippen molar-refractivity contribution in [2.24, 2.45) is 0 Å². The van der Waals surface area contributed by atoms with Gasteiger partial charge in [-0.2, -0.15) is 5.26 Å². The summed E-state index contributed by atoms with van der Waals surface area (Å²) in [7, 11) is 0. The van der Waals surface area contributed by atoms with Crippen LogP contribution in [-0.2, 0) is 16.0 Å². The summed E-state index contributed by atoms with van der Waals surface area (Å²) in [5, 5.41) is 9.92. The highest BCUT2D eigenvalue weighted by Crippen LogP contribution is 2.40. The molecule has 1 aliphatic heterocycles. The van der Waals surface area contributed by atoms with Gasteiger partial charge in [0.05, 0.1) is 11.6 Å². The molecule has 6 heteroatoms. The van der Waals surface area contributed by atoms with Crippen LogP contribution < -0.4 is 9.47 Å². The fraction of sp³-hybridized carbons (Fsp3) is 0.222. The average Bonchev–Trinajstić information content (AvgIpc) is 2.56. The fourth-order valence-corrected chi connectivity index (χ4v) is 2.68. The number of ether oxygens (including phenoxy) is 3. The first-order chi connectivity index (χ1) is 11.6. The zero-order valence-corrected chi connectivity index (χ0v) is 13.7. The predicted molar refractivity (Wildman–Crippen MR) is 87.4 cm³/mol.